The fourth-order valence-electron chi connectivity index (χ4n) is 2.53. The van der Waals surface area contributed by atoms with Crippen LogP contribution >= 0.6 is 35.3 Å². The van der Waals surface area contributed by atoms with Crippen molar-refractivity contribution in [1.82, 2.24) is 4.90 Å². The zero-order chi connectivity index (χ0) is 12.7. The summed E-state index contributed by atoms with van der Waals surface area (Å²) in [6.07, 6.45) is 2.49. The normalized spacial score (nSPS) is 15.7. The van der Waals surface area contributed by atoms with Crippen LogP contribution < -0.4 is 0 Å². The van der Waals surface area contributed by atoms with Gasteiger partial charge in [-0.05, 0) is 36.7 Å². The minimum Gasteiger partial charge on any atom is -0.411 e. The second kappa shape index (κ2) is 5.67. The highest BCUT2D eigenvalue weighted by Gasteiger charge is 2.21. The molecule has 1 aromatic heterocycles. The third-order valence-corrected chi connectivity index (χ3v) is 4.87. The van der Waals surface area contributed by atoms with Crippen molar-refractivity contribution >= 4 is 51.6 Å². The Balaban J connectivity index is 0.00000133. The molecule has 1 aliphatic rings. The summed E-state index contributed by atoms with van der Waals surface area (Å²) < 4.78 is 1.22. The summed E-state index contributed by atoms with van der Waals surface area (Å²) in [4.78, 5) is 3.29. The molecule has 6 heteroatoms. The topological polar surface area (TPSA) is 35.8 Å². The minimum atomic E-state index is 0. The maximum absolute atomic E-state index is 8.78. The van der Waals surface area contributed by atoms with Crippen LogP contribution in [0.3, 0.4) is 0 Å². The number of nitrogens with zero attached hydrogens (tertiary/aromatic N) is 2. The number of halogens is 2. The zero-order valence-electron chi connectivity index (χ0n) is 10.4. The lowest BCUT2D eigenvalue weighted by molar-refractivity contribution is 0.321. The van der Waals surface area contributed by atoms with E-state index in [1.165, 1.54) is 27.4 Å². The molecule has 3 nitrogen and oxygen atoms in total. The highest BCUT2D eigenvalue weighted by molar-refractivity contribution is 7.20. The summed E-state index contributed by atoms with van der Waals surface area (Å²) >= 11 is 7.97. The average molecular weight is 317 g/mol. The molecule has 19 heavy (non-hydrogen) atoms. The molecule has 1 aliphatic heterocycles. The van der Waals surface area contributed by atoms with Crippen molar-refractivity contribution in [3.63, 3.8) is 0 Å². The van der Waals surface area contributed by atoms with Crippen LogP contribution in [-0.2, 0) is 13.0 Å². The van der Waals surface area contributed by atoms with Gasteiger partial charge >= 0.3 is 0 Å². The van der Waals surface area contributed by atoms with Crippen LogP contribution in [0.1, 0.15) is 16.0 Å². The van der Waals surface area contributed by atoms with E-state index in [2.05, 4.69) is 23.2 Å². The lowest BCUT2D eigenvalue weighted by Gasteiger charge is -2.13. The SMILES string of the molecule is CN1CCc2c(Cl)ccc3sc(/C=N/O)c(c23)C1.Cl. The fourth-order valence-corrected chi connectivity index (χ4v) is 3.89. The molecular formula is C13H14Cl2N2OS. The van der Waals surface area contributed by atoms with E-state index in [1.807, 2.05) is 6.07 Å². The molecule has 0 radical (unpaired) electrons. The van der Waals surface area contributed by atoms with Gasteiger partial charge in [-0.2, -0.15) is 0 Å². The molecule has 0 amide bonds. The monoisotopic (exact) mass is 316 g/mol. The van der Waals surface area contributed by atoms with E-state index >= 15 is 0 Å². The van der Waals surface area contributed by atoms with Gasteiger partial charge in [0.05, 0.1) is 11.1 Å². The standard InChI is InChI=1S/C13H13ClN2OS.ClH/c1-16-5-4-8-10(14)2-3-11-13(8)9(7-16)12(18-11)6-15-17;/h2-3,6,17H,4-5,7H2,1H3;1H/b15-6+;. The molecule has 0 unspecified atom stereocenters. The molecule has 0 saturated carbocycles. The number of oxime groups is 1. The molecule has 0 atom stereocenters. The summed E-state index contributed by atoms with van der Waals surface area (Å²) in [6.45, 7) is 1.86. The Morgan fingerprint density at radius 2 is 2.21 bits per heavy atom. The summed E-state index contributed by atoms with van der Waals surface area (Å²) in [5.41, 5.74) is 2.45. The third-order valence-electron chi connectivity index (χ3n) is 3.38. The van der Waals surface area contributed by atoms with Gasteiger partial charge in [-0.25, -0.2) is 0 Å². The van der Waals surface area contributed by atoms with Crippen LogP contribution in [-0.4, -0.2) is 29.9 Å². The molecule has 0 spiro atoms. The van der Waals surface area contributed by atoms with E-state index in [9.17, 15) is 0 Å². The van der Waals surface area contributed by atoms with Crippen molar-refractivity contribution in [3.05, 3.63) is 33.2 Å². The van der Waals surface area contributed by atoms with Crippen LogP contribution in [0.25, 0.3) is 10.1 Å². The smallest absolute Gasteiger partial charge is 0.0837 e. The predicted molar refractivity (Wildman–Crippen MR) is 83.5 cm³/mol. The van der Waals surface area contributed by atoms with Gasteiger partial charge in [0.25, 0.3) is 0 Å². The molecule has 0 aliphatic carbocycles. The number of rotatable bonds is 1. The third kappa shape index (κ3) is 2.46. The molecule has 1 N–H and O–H groups in total. The van der Waals surface area contributed by atoms with Gasteiger partial charge in [0.15, 0.2) is 0 Å². The molecule has 2 heterocycles. The molecule has 0 fully saturated rings. The van der Waals surface area contributed by atoms with Gasteiger partial charge in [-0.15, -0.1) is 23.7 Å². The lowest BCUT2D eigenvalue weighted by Crippen LogP contribution is -2.18. The molecule has 0 bridgehead atoms. The Bertz CT molecular complexity index is 639. The highest BCUT2D eigenvalue weighted by Crippen LogP contribution is 2.38. The van der Waals surface area contributed by atoms with Crippen molar-refractivity contribution < 1.29 is 5.21 Å². The first-order chi connectivity index (χ1) is 8.70. The first-order valence-electron chi connectivity index (χ1n) is 5.79. The largest absolute Gasteiger partial charge is 0.411 e. The van der Waals surface area contributed by atoms with Gasteiger partial charge in [-0.3, -0.25) is 0 Å². The number of likely N-dealkylation sites (N-methyl/N-ethyl adjacent to an activating group) is 1. The Kier molecular flexibility index (Phi) is 4.36. The Hall–Kier alpha value is -0.810. The molecule has 102 valence electrons. The predicted octanol–water partition coefficient (Wildman–Crippen LogP) is 3.77. The van der Waals surface area contributed by atoms with Crippen LogP contribution in [0, 0.1) is 0 Å². The summed E-state index contributed by atoms with van der Waals surface area (Å²) in [5, 5.41) is 14.0. The summed E-state index contributed by atoms with van der Waals surface area (Å²) in [7, 11) is 2.10. The zero-order valence-corrected chi connectivity index (χ0v) is 12.8. The van der Waals surface area contributed by atoms with E-state index in [4.69, 9.17) is 16.8 Å². The van der Waals surface area contributed by atoms with Crippen LogP contribution in [0.5, 0.6) is 0 Å². The maximum Gasteiger partial charge on any atom is 0.0837 e. The fraction of sp³-hybridized carbons (Fsp3) is 0.308. The van der Waals surface area contributed by atoms with Gasteiger partial charge < -0.3 is 10.1 Å². The Labute approximate surface area is 126 Å². The molecule has 1 aromatic carbocycles. The molecular weight excluding hydrogens is 303 g/mol. The van der Waals surface area contributed by atoms with E-state index < -0.39 is 0 Å². The first kappa shape index (κ1) is 14.6. The van der Waals surface area contributed by atoms with Crippen molar-refractivity contribution in [3.8, 4) is 0 Å². The van der Waals surface area contributed by atoms with Crippen molar-refractivity contribution in [2.45, 2.75) is 13.0 Å². The Morgan fingerprint density at radius 1 is 1.42 bits per heavy atom. The van der Waals surface area contributed by atoms with E-state index in [0.29, 0.717) is 0 Å². The van der Waals surface area contributed by atoms with Gasteiger partial charge in [0.2, 0.25) is 0 Å². The van der Waals surface area contributed by atoms with Crippen molar-refractivity contribution in [2.24, 2.45) is 5.16 Å². The molecule has 3 rings (SSSR count). The second-order valence-electron chi connectivity index (χ2n) is 4.58. The molecule has 2 aromatic rings. The highest BCUT2D eigenvalue weighted by atomic mass is 35.5. The van der Waals surface area contributed by atoms with E-state index in [1.54, 1.807) is 11.3 Å². The van der Waals surface area contributed by atoms with Crippen molar-refractivity contribution in [1.29, 1.82) is 0 Å². The van der Waals surface area contributed by atoms with E-state index in [-0.39, 0.29) is 12.4 Å². The van der Waals surface area contributed by atoms with Crippen LogP contribution in [0.2, 0.25) is 5.02 Å². The van der Waals surface area contributed by atoms with Crippen LogP contribution in [0.4, 0.5) is 0 Å². The maximum atomic E-state index is 8.78. The minimum absolute atomic E-state index is 0. The quantitative estimate of drug-likeness (QED) is 0.494. The van der Waals surface area contributed by atoms with Gasteiger partial charge in [0, 0.05) is 28.2 Å². The number of hydrogen-bond donors (Lipinski definition) is 1. The Morgan fingerprint density at radius 3 is 2.95 bits per heavy atom. The number of thiophene rings is 1. The number of hydrogen-bond acceptors (Lipinski definition) is 4. The van der Waals surface area contributed by atoms with Crippen LogP contribution in [0.15, 0.2) is 17.3 Å². The average Bonchev–Trinajstić information content (AvgIpc) is 2.56. The van der Waals surface area contributed by atoms with Crippen molar-refractivity contribution in [2.75, 3.05) is 13.6 Å². The summed E-state index contributed by atoms with van der Waals surface area (Å²) in [5.74, 6) is 0. The first-order valence-corrected chi connectivity index (χ1v) is 6.99. The second-order valence-corrected chi connectivity index (χ2v) is 6.07. The van der Waals surface area contributed by atoms with Gasteiger partial charge in [0.1, 0.15) is 0 Å². The van der Waals surface area contributed by atoms with E-state index in [0.717, 1.165) is 29.4 Å². The number of benzene rings is 1. The lowest BCUT2D eigenvalue weighted by atomic mass is 10.0. The molecule has 0 saturated heterocycles. The summed E-state index contributed by atoms with van der Waals surface area (Å²) in [6, 6.07) is 4.01. The van der Waals surface area contributed by atoms with Gasteiger partial charge in [-0.1, -0.05) is 16.8 Å².